The maximum absolute atomic E-state index is 2.80. The van der Waals surface area contributed by atoms with Crippen LogP contribution in [0.2, 0.25) is 0 Å². The largest absolute Gasteiger partial charge is 0.334 e. The highest BCUT2D eigenvalue weighted by Gasteiger charge is 2.59. The monoisotopic (exact) mass is 924 g/mol. The molecule has 0 spiro atoms. The molecule has 8 aromatic carbocycles. The van der Waals surface area contributed by atoms with Crippen LogP contribution < -0.4 is 31.1 Å². The van der Waals surface area contributed by atoms with E-state index in [0.717, 1.165) is 6.42 Å². The topological polar surface area (TPSA) is 9.72 Å². The standard InChI is InChI=1S/C67H66BN3/c1-43-37-53-60-56(39-43)69(49-31-27-45(28-32-49)63(3,4)5)58-41-51(71-55-26-18-17-25-52(55)65(9)35-19-20-36-66(65,71)10)42-59-62(58)68(60)61-54(67(53,47-21-13-11-14-22-47)48-23-15-12-16-24-48)38-44(2)40-57(61)70(59)50-33-29-46(30-34-50)64(6,7)8/h11-18,21-34,37-42H,19-20,35-36H2,1-10H3. The van der Waals surface area contributed by atoms with Crippen LogP contribution in [-0.4, -0.2) is 12.3 Å². The van der Waals surface area contributed by atoms with Crippen molar-refractivity contribution in [2.45, 2.75) is 122 Å². The number of benzene rings is 8. The lowest BCUT2D eigenvalue weighted by Gasteiger charge is -2.53. The van der Waals surface area contributed by atoms with Crippen LogP contribution in [0.1, 0.15) is 131 Å². The predicted octanol–water partition coefficient (Wildman–Crippen LogP) is 15.4. The first-order chi connectivity index (χ1) is 34.0. The van der Waals surface area contributed by atoms with Gasteiger partial charge in [-0.15, -0.1) is 0 Å². The molecular formula is C67H66BN3. The lowest BCUT2D eigenvalue weighted by Crippen LogP contribution is -2.68. The number of hydrogen-bond donors (Lipinski definition) is 0. The smallest absolute Gasteiger partial charge is 0.253 e. The van der Waals surface area contributed by atoms with Gasteiger partial charge in [-0.05, 0) is 165 Å². The van der Waals surface area contributed by atoms with Crippen LogP contribution in [0.25, 0.3) is 0 Å². The molecule has 4 heteroatoms. The highest BCUT2D eigenvalue weighted by Crippen LogP contribution is 2.62. The van der Waals surface area contributed by atoms with Crippen LogP contribution in [0.4, 0.5) is 45.5 Å². The highest BCUT2D eigenvalue weighted by molar-refractivity contribution is 7.01. The summed E-state index contributed by atoms with van der Waals surface area (Å²) < 4.78 is 0. The average Bonchev–Trinajstić information content (AvgIpc) is 3.57. The van der Waals surface area contributed by atoms with Gasteiger partial charge in [0.1, 0.15) is 0 Å². The third kappa shape index (κ3) is 6.03. The van der Waals surface area contributed by atoms with E-state index in [-0.39, 0.29) is 28.5 Å². The average molecular weight is 924 g/mol. The van der Waals surface area contributed by atoms with E-state index in [9.17, 15) is 0 Å². The zero-order valence-electron chi connectivity index (χ0n) is 43.4. The molecule has 71 heavy (non-hydrogen) atoms. The van der Waals surface area contributed by atoms with Crippen molar-refractivity contribution in [2.75, 3.05) is 14.7 Å². The summed E-state index contributed by atoms with van der Waals surface area (Å²) in [7, 11) is 0. The van der Waals surface area contributed by atoms with Crippen molar-refractivity contribution in [3.05, 3.63) is 220 Å². The van der Waals surface area contributed by atoms with E-state index in [0.29, 0.717) is 0 Å². The molecule has 0 radical (unpaired) electrons. The number of rotatable bonds is 5. The Kier molecular flexibility index (Phi) is 9.41. The van der Waals surface area contributed by atoms with Crippen molar-refractivity contribution >= 4 is 68.6 Å². The van der Waals surface area contributed by atoms with E-state index >= 15 is 0 Å². The van der Waals surface area contributed by atoms with E-state index in [1.54, 1.807) is 0 Å². The van der Waals surface area contributed by atoms with Crippen LogP contribution >= 0.6 is 0 Å². The lowest BCUT2D eigenvalue weighted by atomic mass is 9.28. The zero-order valence-corrected chi connectivity index (χ0v) is 43.4. The minimum atomic E-state index is -0.608. The van der Waals surface area contributed by atoms with Crippen molar-refractivity contribution in [2.24, 2.45) is 0 Å². The van der Waals surface area contributed by atoms with Crippen molar-refractivity contribution in [3.63, 3.8) is 0 Å². The molecule has 1 fully saturated rings. The third-order valence-corrected chi connectivity index (χ3v) is 18.0. The lowest BCUT2D eigenvalue weighted by molar-refractivity contribution is 0.195. The van der Waals surface area contributed by atoms with Gasteiger partial charge >= 0.3 is 0 Å². The SMILES string of the molecule is Cc1cc2c3c(c1)C(c1ccccc1)(c1ccccc1)c1cc(C)cc4c1B3c1c(cc(N3c5ccccc5C5(C)CCCCC35C)cc1N4c1ccc(C(C)(C)C)cc1)N2c1ccc(C(C)(C)C)cc1. The number of anilines is 8. The molecule has 0 bridgehead atoms. The fourth-order valence-corrected chi connectivity index (χ4v) is 14.4. The quantitative estimate of drug-likeness (QED) is 0.159. The molecule has 3 nitrogen and oxygen atoms in total. The maximum Gasteiger partial charge on any atom is 0.253 e. The molecule has 2 atom stereocenters. The fourth-order valence-electron chi connectivity index (χ4n) is 14.4. The summed E-state index contributed by atoms with van der Waals surface area (Å²) in [6.07, 6.45) is 4.81. The van der Waals surface area contributed by atoms with Gasteiger partial charge in [0.15, 0.2) is 0 Å². The van der Waals surface area contributed by atoms with Crippen LogP contribution in [0.3, 0.4) is 0 Å². The van der Waals surface area contributed by atoms with Gasteiger partial charge in [0.05, 0.1) is 11.0 Å². The minimum Gasteiger partial charge on any atom is -0.334 e. The summed E-state index contributed by atoms with van der Waals surface area (Å²) in [6, 6.07) is 66.7. The molecule has 13 rings (SSSR count). The Morgan fingerprint density at radius 3 is 1.34 bits per heavy atom. The van der Waals surface area contributed by atoms with Gasteiger partial charge < -0.3 is 14.7 Å². The number of hydrogen-bond acceptors (Lipinski definition) is 3. The van der Waals surface area contributed by atoms with Crippen molar-refractivity contribution in [1.29, 1.82) is 0 Å². The second-order valence-electron chi connectivity index (χ2n) is 24.2. The molecule has 1 aliphatic carbocycles. The van der Waals surface area contributed by atoms with Gasteiger partial charge in [-0.1, -0.05) is 177 Å². The number of fused-ring (bicyclic) bond motifs is 3. The summed E-state index contributed by atoms with van der Waals surface area (Å²) in [5.74, 6) is 0. The van der Waals surface area contributed by atoms with Crippen LogP contribution in [0, 0.1) is 13.8 Å². The van der Waals surface area contributed by atoms with Crippen molar-refractivity contribution < 1.29 is 0 Å². The molecule has 0 saturated heterocycles. The number of aryl methyl sites for hydroxylation is 2. The number of para-hydroxylation sites is 1. The summed E-state index contributed by atoms with van der Waals surface area (Å²) in [5.41, 5.74) is 25.6. The Bertz CT molecular complexity index is 3270. The van der Waals surface area contributed by atoms with Crippen LogP contribution in [0.5, 0.6) is 0 Å². The summed E-state index contributed by atoms with van der Waals surface area (Å²) in [4.78, 5) is 8.14. The summed E-state index contributed by atoms with van der Waals surface area (Å²) in [6.45, 7) is 23.7. The maximum atomic E-state index is 2.80. The first kappa shape index (κ1) is 44.2. The van der Waals surface area contributed by atoms with Gasteiger partial charge in [0.2, 0.25) is 0 Å². The van der Waals surface area contributed by atoms with Gasteiger partial charge in [0.25, 0.3) is 6.71 Å². The molecule has 2 unspecified atom stereocenters. The molecule has 5 aliphatic rings. The van der Waals surface area contributed by atoms with Crippen LogP contribution in [-0.2, 0) is 21.7 Å². The predicted molar refractivity (Wildman–Crippen MR) is 302 cm³/mol. The van der Waals surface area contributed by atoms with E-state index in [1.807, 2.05) is 0 Å². The van der Waals surface area contributed by atoms with Crippen molar-refractivity contribution in [1.82, 2.24) is 0 Å². The fraction of sp³-hybridized carbons (Fsp3) is 0.284. The Morgan fingerprint density at radius 1 is 0.423 bits per heavy atom. The first-order valence-corrected chi connectivity index (χ1v) is 26.3. The molecular weight excluding hydrogens is 858 g/mol. The Balaban J connectivity index is 1.21. The molecule has 4 heterocycles. The van der Waals surface area contributed by atoms with Gasteiger partial charge in [-0.25, -0.2) is 0 Å². The van der Waals surface area contributed by atoms with Crippen molar-refractivity contribution in [3.8, 4) is 0 Å². The zero-order chi connectivity index (χ0) is 49.0. The third-order valence-electron chi connectivity index (χ3n) is 18.0. The molecule has 352 valence electrons. The Morgan fingerprint density at radius 2 is 0.859 bits per heavy atom. The van der Waals surface area contributed by atoms with E-state index < -0.39 is 5.41 Å². The van der Waals surface area contributed by atoms with E-state index in [4.69, 9.17) is 0 Å². The van der Waals surface area contributed by atoms with E-state index in [1.165, 1.54) is 131 Å². The normalized spacial score (nSPS) is 20.1. The second kappa shape index (κ2) is 15.1. The molecule has 0 N–H and O–H groups in total. The van der Waals surface area contributed by atoms with Gasteiger partial charge in [-0.3, -0.25) is 0 Å². The Labute approximate surface area is 423 Å². The first-order valence-electron chi connectivity index (χ1n) is 26.3. The highest BCUT2D eigenvalue weighted by atomic mass is 15.3. The van der Waals surface area contributed by atoms with Gasteiger partial charge in [-0.2, -0.15) is 0 Å². The summed E-state index contributed by atoms with van der Waals surface area (Å²) in [5, 5.41) is 0. The van der Waals surface area contributed by atoms with Gasteiger partial charge in [0, 0.05) is 50.9 Å². The molecule has 1 saturated carbocycles. The number of nitrogens with zero attached hydrogens (tertiary/aromatic N) is 3. The minimum absolute atomic E-state index is 0.0117. The molecule has 0 amide bonds. The molecule has 0 aromatic heterocycles. The molecule has 8 aromatic rings. The van der Waals surface area contributed by atoms with E-state index in [2.05, 4.69) is 254 Å². The Hall–Kier alpha value is -6.78. The second-order valence-corrected chi connectivity index (χ2v) is 24.2. The molecule has 4 aliphatic heterocycles. The van der Waals surface area contributed by atoms with Crippen LogP contribution in [0.15, 0.2) is 170 Å². The summed E-state index contributed by atoms with van der Waals surface area (Å²) >= 11 is 0.